The van der Waals surface area contributed by atoms with Crippen molar-refractivity contribution in [1.82, 2.24) is 0 Å². The summed E-state index contributed by atoms with van der Waals surface area (Å²) in [4.78, 5) is 28.0. The zero-order valence-corrected chi connectivity index (χ0v) is 20.1. The van der Waals surface area contributed by atoms with Gasteiger partial charge in [-0.05, 0) is 55.8 Å². The third-order valence-electron chi connectivity index (χ3n) is 5.92. The molecule has 3 aromatic rings. The number of rotatable bonds is 7. The number of amides is 1. The fraction of sp³-hybridized carbons (Fsp3) is 0.214. The van der Waals surface area contributed by atoms with Gasteiger partial charge < -0.3 is 19.3 Å². The van der Waals surface area contributed by atoms with Gasteiger partial charge in [0.2, 0.25) is 0 Å². The molecular weight excluding hydrogens is 446 g/mol. The first-order valence-corrected chi connectivity index (χ1v) is 11.2. The molecule has 1 saturated heterocycles. The molecule has 1 N–H and O–H groups in total. The molecule has 3 aromatic carbocycles. The zero-order valence-electron chi connectivity index (χ0n) is 20.1. The van der Waals surface area contributed by atoms with Gasteiger partial charge in [0.1, 0.15) is 11.5 Å². The first-order valence-electron chi connectivity index (χ1n) is 11.2. The molecule has 0 saturated carbocycles. The SMILES string of the molecule is CCOc1cc(C2/C(=C(/O)c3ccc(C)cc3)C(=O)C(=O)N2c2ccc(OC)cc2)ccc1OC. The van der Waals surface area contributed by atoms with Gasteiger partial charge in [-0.2, -0.15) is 0 Å². The highest BCUT2D eigenvalue weighted by molar-refractivity contribution is 6.51. The van der Waals surface area contributed by atoms with Crippen LogP contribution in [0.1, 0.15) is 29.7 Å². The molecule has 0 aliphatic carbocycles. The molecule has 1 unspecified atom stereocenters. The molecule has 180 valence electrons. The van der Waals surface area contributed by atoms with Crippen LogP contribution in [0.3, 0.4) is 0 Å². The van der Waals surface area contributed by atoms with Crippen LogP contribution in [-0.2, 0) is 9.59 Å². The van der Waals surface area contributed by atoms with Gasteiger partial charge in [0, 0.05) is 11.3 Å². The van der Waals surface area contributed by atoms with E-state index in [0.29, 0.717) is 40.7 Å². The Bertz CT molecular complexity index is 1280. The third kappa shape index (κ3) is 4.45. The molecule has 7 nitrogen and oxygen atoms in total. The summed E-state index contributed by atoms with van der Waals surface area (Å²) in [5.41, 5.74) is 2.55. The summed E-state index contributed by atoms with van der Waals surface area (Å²) in [5, 5.41) is 11.3. The number of Topliss-reactive ketones (excluding diaryl/α,β-unsaturated/α-hetero) is 1. The number of aliphatic hydroxyl groups excluding tert-OH is 1. The molecule has 1 amide bonds. The number of ether oxygens (including phenoxy) is 3. The Balaban J connectivity index is 1.94. The summed E-state index contributed by atoms with van der Waals surface area (Å²) in [7, 11) is 3.09. The van der Waals surface area contributed by atoms with E-state index in [2.05, 4.69) is 0 Å². The minimum Gasteiger partial charge on any atom is -0.507 e. The molecule has 1 aliphatic rings. The fourth-order valence-corrected chi connectivity index (χ4v) is 4.16. The van der Waals surface area contributed by atoms with Gasteiger partial charge >= 0.3 is 0 Å². The van der Waals surface area contributed by atoms with E-state index < -0.39 is 17.7 Å². The Morgan fingerprint density at radius 3 is 2.20 bits per heavy atom. The molecular formula is C28H27NO6. The van der Waals surface area contributed by atoms with Gasteiger partial charge in [0.05, 0.1) is 32.4 Å². The molecule has 1 fully saturated rings. The smallest absolute Gasteiger partial charge is 0.300 e. The number of carbonyl (C=O) groups excluding carboxylic acids is 2. The van der Waals surface area contributed by atoms with Crippen molar-refractivity contribution in [3.8, 4) is 17.2 Å². The van der Waals surface area contributed by atoms with Crippen LogP contribution < -0.4 is 19.1 Å². The third-order valence-corrected chi connectivity index (χ3v) is 5.92. The maximum absolute atomic E-state index is 13.3. The van der Waals surface area contributed by atoms with Gasteiger partial charge in [-0.15, -0.1) is 0 Å². The quantitative estimate of drug-likeness (QED) is 0.294. The summed E-state index contributed by atoms with van der Waals surface area (Å²) in [6.07, 6.45) is 0. The van der Waals surface area contributed by atoms with Gasteiger partial charge in [0.15, 0.2) is 11.5 Å². The number of methoxy groups -OCH3 is 2. The second-order valence-corrected chi connectivity index (χ2v) is 8.08. The van der Waals surface area contributed by atoms with Crippen molar-refractivity contribution in [1.29, 1.82) is 0 Å². The number of hydrogen-bond donors (Lipinski definition) is 1. The minimum atomic E-state index is -0.880. The van der Waals surface area contributed by atoms with E-state index in [-0.39, 0.29) is 11.3 Å². The Morgan fingerprint density at radius 1 is 0.914 bits per heavy atom. The second kappa shape index (κ2) is 9.93. The number of carbonyl (C=O) groups is 2. The fourth-order valence-electron chi connectivity index (χ4n) is 4.16. The van der Waals surface area contributed by atoms with Crippen molar-refractivity contribution in [2.45, 2.75) is 19.9 Å². The van der Waals surface area contributed by atoms with Crippen LogP contribution >= 0.6 is 0 Å². The lowest BCUT2D eigenvalue weighted by molar-refractivity contribution is -0.132. The first kappa shape index (κ1) is 23.9. The highest BCUT2D eigenvalue weighted by Gasteiger charge is 2.47. The highest BCUT2D eigenvalue weighted by atomic mass is 16.5. The summed E-state index contributed by atoms with van der Waals surface area (Å²) >= 11 is 0. The summed E-state index contributed by atoms with van der Waals surface area (Å²) in [5.74, 6) is -0.123. The van der Waals surface area contributed by atoms with Crippen LogP contribution in [-0.4, -0.2) is 37.6 Å². The largest absolute Gasteiger partial charge is 0.507 e. The molecule has 35 heavy (non-hydrogen) atoms. The predicted octanol–water partition coefficient (Wildman–Crippen LogP) is 5.04. The van der Waals surface area contributed by atoms with Gasteiger partial charge in [-0.25, -0.2) is 0 Å². The Morgan fingerprint density at radius 2 is 1.60 bits per heavy atom. The first-order chi connectivity index (χ1) is 16.9. The van der Waals surface area contributed by atoms with Crippen LogP contribution in [0.2, 0.25) is 0 Å². The van der Waals surface area contributed by atoms with Crippen molar-refractivity contribution in [3.05, 3.63) is 89.0 Å². The topological polar surface area (TPSA) is 85.3 Å². The molecule has 1 aliphatic heterocycles. The average molecular weight is 474 g/mol. The molecule has 0 spiro atoms. The highest BCUT2D eigenvalue weighted by Crippen LogP contribution is 2.44. The number of ketones is 1. The normalized spacial score (nSPS) is 16.9. The van der Waals surface area contributed by atoms with Crippen molar-refractivity contribution < 1.29 is 28.9 Å². The van der Waals surface area contributed by atoms with Crippen LogP contribution in [0, 0.1) is 6.92 Å². The van der Waals surface area contributed by atoms with Crippen molar-refractivity contribution >= 4 is 23.1 Å². The van der Waals surface area contributed by atoms with E-state index in [9.17, 15) is 14.7 Å². The summed E-state index contributed by atoms with van der Waals surface area (Å²) in [6, 6.07) is 18.3. The zero-order chi connectivity index (χ0) is 25.1. The lowest BCUT2D eigenvalue weighted by atomic mass is 9.94. The number of aryl methyl sites for hydroxylation is 1. The molecule has 0 bridgehead atoms. The van der Waals surface area contributed by atoms with Gasteiger partial charge in [0.25, 0.3) is 11.7 Å². The molecule has 1 heterocycles. The number of aliphatic hydroxyl groups is 1. The number of nitrogens with zero attached hydrogens (tertiary/aromatic N) is 1. The summed E-state index contributed by atoms with van der Waals surface area (Å²) < 4.78 is 16.4. The summed E-state index contributed by atoms with van der Waals surface area (Å²) in [6.45, 7) is 4.19. The van der Waals surface area contributed by atoms with Crippen LogP contribution in [0.5, 0.6) is 17.2 Å². The maximum atomic E-state index is 13.3. The van der Waals surface area contributed by atoms with Crippen molar-refractivity contribution in [3.63, 3.8) is 0 Å². The average Bonchev–Trinajstić information content (AvgIpc) is 3.14. The van der Waals surface area contributed by atoms with E-state index in [1.54, 1.807) is 68.8 Å². The van der Waals surface area contributed by atoms with E-state index in [1.807, 2.05) is 26.0 Å². The lowest BCUT2D eigenvalue weighted by Gasteiger charge is -2.26. The molecule has 0 radical (unpaired) electrons. The van der Waals surface area contributed by atoms with E-state index in [1.165, 1.54) is 4.90 Å². The Hall–Kier alpha value is -4.26. The van der Waals surface area contributed by atoms with Crippen LogP contribution in [0.15, 0.2) is 72.3 Å². The number of benzene rings is 3. The van der Waals surface area contributed by atoms with E-state index in [0.717, 1.165) is 5.56 Å². The Labute approximate surface area is 204 Å². The van der Waals surface area contributed by atoms with E-state index in [4.69, 9.17) is 14.2 Å². The van der Waals surface area contributed by atoms with Crippen molar-refractivity contribution in [2.24, 2.45) is 0 Å². The van der Waals surface area contributed by atoms with Crippen LogP contribution in [0.4, 0.5) is 5.69 Å². The van der Waals surface area contributed by atoms with Crippen LogP contribution in [0.25, 0.3) is 5.76 Å². The number of anilines is 1. The minimum absolute atomic E-state index is 0.00212. The van der Waals surface area contributed by atoms with Gasteiger partial charge in [-0.1, -0.05) is 35.9 Å². The molecule has 4 rings (SSSR count). The Kier molecular flexibility index (Phi) is 6.78. The molecule has 1 atom stereocenters. The van der Waals surface area contributed by atoms with Gasteiger partial charge in [-0.3, -0.25) is 14.5 Å². The molecule has 0 aromatic heterocycles. The van der Waals surface area contributed by atoms with Crippen molar-refractivity contribution in [2.75, 3.05) is 25.7 Å². The number of hydrogen-bond acceptors (Lipinski definition) is 6. The lowest BCUT2D eigenvalue weighted by Crippen LogP contribution is -2.29. The monoisotopic (exact) mass is 473 g/mol. The maximum Gasteiger partial charge on any atom is 0.300 e. The standard InChI is InChI=1S/C28H27NO6/c1-5-35-23-16-19(10-15-22(23)34-4)25-24(26(30)18-8-6-17(2)7-9-18)27(31)28(32)29(25)20-11-13-21(33-3)14-12-20/h6-16,25,30H,5H2,1-4H3/b26-24-. The molecule has 7 heteroatoms. The van der Waals surface area contributed by atoms with E-state index >= 15 is 0 Å². The predicted molar refractivity (Wildman–Crippen MR) is 133 cm³/mol. The second-order valence-electron chi connectivity index (χ2n) is 8.08.